The molecule has 0 amide bonds. The van der Waals surface area contributed by atoms with Gasteiger partial charge in [0.2, 0.25) is 13.6 Å². The second-order valence-electron chi connectivity index (χ2n) is 6.90. The van der Waals surface area contributed by atoms with E-state index in [-0.39, 0.29) is 13.6 Å². The van der Waals surface area contributed by atoms with Gasteiger partial charge in [-0.05, 0) is 73.1 Å². The second kappa shape index (κ2) is 13.5. The third-order valence-electron chi connectivity index (χ3n) is 4.64. The summed E-state index contributed by atoms with van der Waals surface area (Å²) in [4.78, 5) is 0. The van der Waals surface area contributed by atoms with Crippen LogP contribution in [0.3, 0.4) is 0 Å². The molecule has 0 aliphatic heterocycles. The summed E-state index contributed by atoms with van der Waals surface area (Å²) in [6.45, 7) is 0.359. The predicted molar refractivity (Wildman–Crippen MR) is 131 cm³/mol. The highest BCUT2D eigenvalue weighted by atomic mass is 16.7. The molecule has 4 aromatic carbocycles. The van der Waals surface area contributed by atoms with E-state index in [1.165, 1.54) is 18.2 Å². The molecule has 5 nitrogen and oxygen atoms in total. The molecule has 0 radical (unpaired) electrons. The van der Waals surface area contributed by atoms with Crippen molar-refractivity contribution in [2.75, 3.05) is 20.6 Å². The van der Waals surface area contributed by atoms with Crippen molar-refractivity contribution < 1.29 is 18.9 Å². The van der Waals surface area contributed by atoms with E-state index in [1.807, 2.05) is 84.9 Å². The normalized spacial score (nSPS) is 9.88. The highest BCUT2D eigenvalue weighted by molar-refractivity contribution is 5.34. The van der Waals surface area contributed by atoms with Crippen LogP contribution in [0.1, 0.15) is 11.1 Å². The minimum atomic E-state index is 0.179. The Morgan fingerprint density at radius 1 is 0.424 bits per heavy atom. The SMILES string of the molecule is CN.c1ccc(OCOc2ccc(Cc3ccc(OCOc4ccccc4)cc3)cc2)cc1. The Hall–Kier alpha value is -3.96. The molecule has 0 saturated heterocycles. The first-order valence-electron chi connectivity index (χ1n) is 10.7. The standard InChI is InChI=1S/C27H24O4.CH5N/c1-3-7-24(8-4-1)28-20-30-26-15-11-22(12-16-26)19-23-13-17-27(18-14-23)31-21-29-25-9-5-2-6-10-25;1-2/h1-18H,19-21H2;2H2,1H3. The van der Waals surface area contributed by atoms with Gasteiger partial charge in [0, 0.05) is 0 Å². The smallest absolute Gasteiger partial charge is 0.230 e. The minimum absolute atomic E-state index is 0.179. The number of para-hydroxylation sites is 2. The van der Waals surface area contributed by atoms with Crippen molar-refractivity contribution >= 4 is 0 Å². The molecule has 2 N–H and O–H groups in total. The summed E-state index contributed by atoms with van der Waals surface area (Å²) in [5, 5.41) is 0. The highest BCUT2D eigenvalue weighted by Crippen LogP contribution is 2.19. The van der Waals surface area contributed by atoms with Crippen LogP contribution >= 0.6 is 0 Å². The molecule has 33 heavy (non-hydrogen) atoms. The van der Waals surface area contributed by atoms with Crippen molar-refractivity contribution in [1.82, 2.24) is 0 Å². The van der Waals surface area contributed by atoms with E-state index in [4.69, 9.17) is 18.9 Å². The lowest BCUT2D eigenvalue weighted by Gasteiger charge is -2.10. The molecule has 0 aromatic heterocycles. The Morgan fingerprint density at radius 2 is 0.727 bits per heavy atom. The molecular formula is C28H29NO4. The first kappa shape index (κ1) is 23.7. The number of ether oxygens (including phenoxy) is 4. The number of hydrogen-bond acceptors (Lipinski definition) is 5. The maximum atomic E-state index is 5.65. The van der Waals surface area contributed by atoms with Gasteiger partial charge in [0.25, 0.3) is 0 Å². The van der Waals surface area contributed by atoms with E-state index in [0.29, 0.717) is 0 Å². The molecule has 4 rings (SSSR count). The van der Waals surface area contributed by atoms with Crippen molar-refractivity contribution in [3.8, 4) is 23.0 Å². The summed E-state index contributed by atoms with van der Waals surface area (Å²) in [5.74, 6) is 3.14. The van der Waals surface area contributed by atoms with Crippen molar-refractivity contribution in [1.29, 1.82) is 0 Å². The third-order valence-corrected chi connectivity index (χ3v) is 4.64. The van der Waals surface area contributed by atoms with Crippen LogP contribution in [0.15, 0.2) is 109 Å². The lowest BCUT2D eigenvalue weighted by Crippen LogP contribution is -2.05. The Bertz CT molecular complexity index is 950. The number of rotatable bonds is 10. The third kappa shape index (κ3) is 8.24. The first-order valence-corrected chi connectivity index (χ1v) is 10.7. The van der Waals surface area contributed by atoms with Crippen molar-refractivity contribution in [3.63, 3.8) is 0 Å². The maximum Gasteiger partial charge on any atom is 0.230 e. The zero-order chi connectivity index (χ0) is 23.1. The summed E-state index contributed by atoms with van der Waals surface area (Å²) in [5.41, 5.74) is 6.91. The van der Waals surface area contributed by atoms with Gasteiger partial charge in [-0.2, -0.15) is 0 Å². The summed E-state index contributed by atoms with van der Waals surface area (Å²) in [7, 11) is 1.50. The lowest BCUT2D eigenvalue weighted by molar-refractivity contribution is 0.119. The van der Waals surface area contributed by atoms with Crippen molar-refractivity contribution in [3.05, 3.63) is 120 Å². The van der Waals surface area contributed by atoms with Gasteiger partial charge in [-0.25, -0.2) is 0 Å². The minimum Gasteiger partial charge on any atom is -0.458 e. The first-order chi connectivity index (χ1) is 16.3. The summed E-state index contributed by atoms with van der Waals surface area (Å²) in [6, 6.07) is 35.3. The number of nitrogens with two attached hydrogens (primary N) is 1. The Morgan fingerprint density at radius 3 is 1.06 bits per heavy atom. The Balaban J connectivity index is 0.00000149. The zero-order valence-electron chi connectivity index (χ0n) is 18.7. The maximum absolute atomic E-state index is 5.65. The molecule has 0 fully saturated rings. The van der Waals surface area contributed by atoms with E-state index in [0.717, 1.165) is 29.4 Å². The van der Waals surface area contributed by atoms with Gasteiger partial charge in [-0.15, -0.1) is 0 Å². The topological polar surface area (TPSA) is 62.9 Å². The average Bonchev–Trinajstić information content (AvgIpc) is 2.89. The molecule has 170 valence electrons. The molecule has 4 aromatic rings. The fraction of sp³-hybridized carbons (Fsp3) is 0.143. The Labute approximate surface area is 195 Å². The molecule has 0 saturated carbocycles. The number of hydrogen-bond donors (Lipinski definition) is 1. The van der Waals surface area contributed by atoms with Gasteiger partial charge in [0.05, 0.1) is 0 Å². The summed E-state index contributed by atoms with van der Waals surface area (Å²) >= 11 is 0. The van der Waals surface area contributed by atoms with E-state index in [9.17, 15) is 0 Å². The Kier molecular flexibility index (Phi) is 9.66. The van der Waals surface area contributed by atoms with Crippen LogP contribution in [-0.4, -0.2) is 20.6 Å². The van der Waals surface area contributed by atoms with E-state index in [2.05, 4.69) is 30.0 Å². The van der Waals surface area contributed by atoms with Crippen LogP contribution in [0.4, 0.5) is 0 Å². The van der Waals surface area contributed by atoms with Crippen LogP contribution in [0.25, 0.3) is 0 Å². The van der Waals surface area contributed by atoms with Gasteiger partial charge in [-0.3, -0.25) is 0 Å². The van der Waals surface area contributed by atoms with Crippen molar-refractivity contribution in [2.24, 2.45) is 5.73 Å². The molecule has 0 aliphatic carbocycles. The average molecular weight is 444 g/mol. The van der Waals surface area contributed by atoms with E-state index in [1.54, 1.807) is 0 Å². The monoisotopic (exact) mass is 443 g/mol. The number of benzene rings is 4. The van der Waals surface area contributed by atoms with Crippen LogP contribution in [0.2, 0.25) is 0 Å². The summed E-state index contributed by atoms with van der Waals surface area (Å²) < 4.78 is 22.4. The van der Waals surface area contributed by atoms with Gasteiger partial charge in [-0.1, -0.05) is 60.7 Å². The fourth-order valence-electron chi connectivity index (χ4n) is 3.01. The molecule has 0 heterocycles. The van der Waals surface area contributed by atoms with Crippen LogP contribution in [0, 0.1) is 0 Å². The quantitative estimate of drug-likeness (QED) is 0.319. The molecule has 0 unspecified atom stereocenters. The van der Waals surface area contributed by atoms with Crippen molar-refractivity contribution in [2.45, 2.75) is 6.42 Å². The lowest BCUT2D eigenvalue weighted by atomic mass is 10.0. The zero-order valence-corrected chi connectivity index (χ0v) is 18.7. The van der Waals surface area contributed by atoms with Crippen LogP contribution in [-0.2, 0) is 6.42 Å². The van der Waals surface area contributed by atoms with Gasteiger partial charge in [0.1, 0.15) is 23.0 Å². The summed E-state index contributed by atoms with van der Waals surface area (Å²) in [6.07, 6.45) is 0.835. The largest absolute Gasteiger partial charge is 0.458 e. The molecular weight excluding hydrogens is 414 g/mol. The molecule has 0 spiro atoms. The molecule has 5 heteroatoms. The second-order valence-corrected chi connectivity index (χ2v) is 6.90. The van der Waals surface area contributed by atoms with Gasteiger partial charge in [0.15, 0.2) is 0 Å². The highest BCUT2D eigenvalue weighted by Gasteiger charge is 2.01. The van der Waals surface area contributed by atoms with Gasteiger partial charge < -0.3 is 24.7 Å². The van der Waals surface area contributed by atoms with E-state index < -0.39 is 0 Å². The molecule has 0 atom stereocenters. The van der Waals surface area contributed by atoms with Crippen LogP contribution in [0.5, 0.6) is 23.0 Å². The molecule has 0 bridgehead atoms. The predicted octanol–water partition coefficient (Wildman–Crippen LogP) is 5.68. The van der Waals surface area contributed by atoms with Crippen LogP contribution < -0.4 is 24.7 Å². The molecule has 0 aliphatic rings. The fourth-order valence-corrected chi connectivity index (χ4v) is 3.01. The van der Waals surface area contributed by atoms with Gasteiger partial charge >= 0.3 is 0 Å². The van der Waals surface area contributed by atoms with E-state index >= 15 is 0 Å².